The number of ether oxygens (including phenoxy) is 1. The summed E-state index contributed by atoms with van der Waals surface area (Å²) in [7, 11) is 1.01. The summed E-state index contributed by atoms with van der Waals surface area (Å²) in [5.74, 6) is -0.647. The lowest BCUT2D eigenvalue weighted by atomic mass is 10.3. The molecule has 7 heteroatoms. The molecule has 0 heterocycles. The fourth-order valence-corrected chi connectivity index (χ4v) is 2.86. The maximum absolute atomic E-state index is 13.5. The van der Waals surface area contributed by atoms with Crippen LogP contribution < -0.4 is 4.74 Å². The van der Waals surface area contributed by atoms with Gasteiger partial charge < -0.3 is 4.74 Å². The zero-order valence-electron chi connectivity index (χ0n) is 9.75. The van der Waals surface area contributed by atoms with E-state index < -0.39 is 19.8 Å². The smallest absolute Gasteiger partial charge is 0.264 e. The molecule has 1 aromatic rings. The molecule has 0 aromatic heterocycles. The SMILES string of the molecule is CCCCCOc1cc(F)c(S(=O)(=O)Cl)cc1Br. The highest BCUT2D eigenvalue weighted by Crippen LogP contribution is 2.31. The monoisotopic (exact) mass is 358 g/mol. The fraction of sp³-hybridized carbons (Fsp3) is 0.455. The van der Waals surface area contributed by atoms with E-state index in [1.54, 1.807) is 0 Å². The van der Waals surface area contributed by atoms with E-state index in [4.69, 9.17) is 15.4 Å². The molecule has 0 aliphatic carbocycles. The van der Waals surface area contributed by atoms with Crippen LogP contribution in [0.2, 0.25) is 0 Å². The Bertz CT molecular complexity index is 519. The second kappa shape index (κ2) is 6.73. The number of benzene rings is 1. The van der Waals surface area contributed by atoms with Crippen molar-refractivity contribution in [3.63, 3.8) is 0 Å². The molecule has 0 atom stereocenters. The first-order valence-electron chi connectivity index (χ1n) is 5.42. The Morgan fingerprint density at radius 1 is 1.39 bits per heavy atom. The first-order valence-corrected chi connectivity index (χ1v) is 8.53. The van der Waals surface area contributed by atoms with E-state index in [1.165, 1.54) is 0 Å². The van der Waals surface area contributed by atoms with Crippen LogP contribution in [0.25, 0.3) is 0 Å². The van der Waals surface area contributed by atoms with Gasteiger partial charge in [0.1, 0.15) is 16.5 Å². The van der Waals surface area contributed by atoms with Crippen molar-refractivity contribution in [2.24, 2.45) is 0 Å². The topological polar surface area (TPSA) is 43.4 Å². The van der Waals surface area contributed by atoms with Crippen LogP contribution >= 0.6 is 26.6 Å². The van der Waals surface area contributed by atoms with Crippen molar-refractivity contribution in [3.8, 4) is 5.75 Å². The molecule has 102 valence electrons. The summed E-state index contributed by atoms with van der Waals surface area (Å²) in [6, 6.07) is 2.12. The zero-order valence-corrected chi connectivity index (χ0v) is 12.9. The van der Waals surface area contributed by atoms with Crippen molar-refractivity contribution in [1.82, 2.24) is 0 Å². The van der Waals surface area contributed by atoms with Gasteiger partial charge in [-0.05, 0) is 28.4 Å². The minimum Gasteiger partial charge on any atom is -0.492 e. The zero-order chi connectivity index (χ0) is 13.8. The van der Waals surface area contributed by atoms with Crippen molar-refractivity contribution >= 4 is 35.7 Å². The van der Waals surface area contributed by atoms with Gasteiger partial charge >= 0.3 is 0 Å². The molecule has 0 amide bonds. The molecule has 1 aromatic carbocycles. The molecule has 0 bridgehead atoms. The van der Waals surface area contributed by atoms with E-state index in [-0.39, 0.29) is 5.75 Å². The maximum atomic E-state index is 13.5. The first kappa shape index (κ1) is 15.7. The van der Waals surface area contributed by atoms with Crippen molar-refractivity contribution in [2.45, 2.75) is 31.1 Å². The van der Waals surface area contributed by atoms with E-state index in [0.29, 0.717) is 11.1 Å². The predicted octanol–water partition coefficient (Wildman–Crippen LogP) is 4.08. The van der Waals surface area contributed by atoms with Gasteiger partial charge in [-0.1, -0.05) is 19.8 Å². The third-order valence-electron chi connectivity index (χ3n) is 2.25. The standard InChI is InChI=1S/C11H13BrClFO3S/c1-2-3-4-5-17-10-7-9(14)11(6-8(10)12)18(13,15)16/h6-7H,2-5H2,1H3. The van der Waals surface area contributed by atoms with Crippen LogP contribution in [0.3, 0.4) is 0 Å². The van der Waals surface area contributed by atoms with Crippen LogP contribution in [0, 0.1) is 5.82 Å². The maximum Gasteiger partial charge on any atom is 0.264 e. The highest BCUT2D eigenvalue weighted by Gasteiger charge is 2.19. The van der Waals surface area contributed by atoms with Gasteiger partial charge in [0.15, 0.2) is 0 Å². The second-order valence-electron chi connectivity index (χ2n) is 3.71. The van der Waals surface area contributed by atoms with Crippen molar-refractivity contribution in [2.75, 3.05) is 6.61 Å². The average molecular weight is 360 g/mol. The number of unbranched alkanes of at least 4 members (excludes halogenated alkanes) is 2. The van der Waals surface area contributed by atoms with Crippen LogP contribution in [0.1, 0.15) is 26.2 Å². The molecular weight excluding hydrogens is 347 g/mol. The van der Waals surface area contributed by atoms with E-state index in [0.717, 1.165) is 31.4 Å². The Labute approximate surface area is 119 Å². The summed E-state index contributed by atoms with van der Waals surface area (Å²) in [6.07, 6.45) is 2.94. The Kier molecular flexibility index (Phi) is 5.88. The molecule has 0 N–H and O–H groups in total. The molecule has 0 aliphatic heterocycles. The van der Waals surface area contributed by atoms with Gasteiger partial charge in [-0.2, -0.15) is 0 Å². The number of halogens is 3. The molecule has 0 radical (unpaired) electrons. The van der Waals surface area contributed by atoms with Gasteiger partial charge in [-0.3, -0.25) is 0 Å². The van der Waals surface area contributed by atoms with Gasteiger partial charge in [0.05, 0.1) is 11.1 Å². The molecule has 1 rings (SSSR count). The summed E-state index contributed by atoms with van der Waals surface area (Å²) in [4.78, 5) is -0.558. The fourth-order valence-electron chi connectivity index (χ4n) is 1.34. The average Bonchev–Trinajstić information content (AvgIpc) is 2.27. The van der Waals surface area contributed by atoms with Crippen LogP contribution in [0.4, 0.5) is 4.39 Å². The van der Waals surface area contributed by atoms with Crippen molar-refractivity contribution in [3.05, 3.63) is 22.4 Å². The van der Waals surface area contributed by atoms with E-state index in [9.17, 15) is 12.8 Å². The highest BCUT2D eigenvalue weighted by molar-refractivity contribution is 9.10. The molecule has 0 fully saturated rings. The molecule has 0 spiro atoms. The summed E-state index contributed by atoms with van der Waals surface area (Å²) in [6.45, 7) is 2.52. The summed E-state index contributed by atoms with van der Waals surface area (Å²) >= 11 is 3.13. The van der Waals surface area contributed by atoms with Crippen LogP contribution in [0.15, 0.2) is 21.5 Å². The molecule has 0 unspecified atom stereocenters. The summed E-state index contributed by atoms with van der Waals surface area (Å²) < 4.78 is 41.4. The molecule has 18 heavy (non-hydrogen) atoms. The Balaban J connectivity index is 2.87. The Hall–Kier alpha value is -0.330. The molecular formula is C11H13BrClFO3S. The van der Waals surface area contributed by atoms with E-state index in [2.05, 4.69) is 22.9 Å². The lowest BCUT2D eigenvalue weighted by Gasteiger charge is -2.09. The predicted molar refractivity (Wildman–Crippen MR) is 72.2 cm³/mol. The largest absolute Gasteiger partial charge is 0.492 e. The number of rotatable bonds is 6. The van der Waals surface area contributed by atoms with E-state index in [1.807, 2.05) is 0 Å². The van der Waals surface area contributed by atoms with Crippen molar-refractivity contribution in [1.29, 1.82) is 0 Å². The Morgan fingerprint density at radius 2 is 2.06 bits per heavy atom. The third-order valence-corrected chi connectivity index (χ3v) is 4.21. The lowest BCUT2D eigenvalue weighted by Crippen LogP contribution is -2.01. The number of hydrogen-bond donors (Lipinski definition) is 0. The first-order chi connectivity index (χ1) is 8.36. The normalized spacial score (nSPS) is 11.6. The molecule has 0 saturated heterocycles. The summed E-state index contributed by atoms with van der Waals surface area (Å²) in [5, 5.41) is 0. The minimum absolute atomic E-state index is 0.271. The molecule has 0 saturated carbocycles. The van der Waals surface area contributed by atoms with Crippen LogP contribution in [-0.4, -0.2) is 15.0 Å². The van der Waals surface area contributed by atoms with E-state index >= 15 is 0 Å². The third kappa shape index (κ3) is 4.40. The van der Waals surface area contributed by atoms with Crippen molar-refractivity contribution < 1.29 is 17.5 Å². The van der Waals surface area contributed by atoms with Gasteiger partial charge in [-0.15, -0.1) is 0 Å². The highest BCUT2D eigenvalue weighted by atomic mass is 79.9. The Morgan fingerprint density at radius 3 is 2.61 bits per heavy atom. The molecule has 3 nitrogen and oxygen atoms in total. The van der Waals surface area contributed by atoms with Crippen LogP contribution in [-0.2, 0) is 9.05 Å². The van der Waals surface area contributed by atoms with Gasteiger partial charge in [-0.25, -0.2) is 12.8 Å². The minimum atomic E-state index is -4.09. The number of hydrogen-bond acceptors (Lipinski definition) is 3. The van der Waals surface area contributed by atoms with Gasteiger partial charge in [0, 0.05) is 16.7 Å². The van der Waals surface area contributed by atoms with Gasteiger partial charge in [0.25, 0.3) is 9.05 Å². The second-order valence-corrected chi connectivity index (χ2v) is 7.10. The summed E-state index contributed by atoms with van der Waals surface area (Å²) in [5.41, 5.74) is 0. The lowest BCUT2D eigenvalue weighted by molar-refractivity contribution is 0.302. The molecule has 0 aliphatic rings. The van der Waals surface area contributed by atoms with Crippen LogP contribution in [0.5, 0.6) is 5.75 Å². The quantitative estimate of drug-likeness (QED) is 0.568. The van der Waals surface area contributed by atoms with Gasteiger partial charge in [0.2, 0.25) is 0 Å².